The van der Waals surface area contributed by atoms with E-state index in [1.807, 2.05) is 53.4 Å². The van der Waals surface area contributed by atoms with Crippen molar-refractivity contribution < 1.29 is 4.79 Å². The molecule has 0 unspecified atom stereocenters. The van der Waals surface area contributed by atoms with Crippen LogP contribution in [-0.2, 0) is 4.79 Å². The van der Waals surface area contributed by atoms with Gasteiger partial charge in [0.2, 0.25) is 5.91 Å². The predicted octanol–water partition coefficient (Wildman–Crippen LogP) is 3.04. The maximum absolute atomic E-state index is 11.5. The van der Waals surface area contributed by atoms with Crippen LogP contribution >= 0.6 is 11.6 Å². The maximum Gasteiger partial charge on any atom is 0.225 e. The predicted molar refractivity (Wildman–Crippen MR) is 69.7 cm³/mol. The summed E-state index contributed by atoms with van der Waals surface area (Å²) in [6.45, 7) is 0. The average molecular weight is 249 g/mol. The van der Waals surface area contributed by atoms with Gasteiger partial charge in [-0.05, 0) is 24.3 Å². The first-order valence-corrected chi connectivity index (χ1v) is 5.93. The zero-order chi connectivity index (χ0) is 12.1. The topological polar surface area (TPSA) is 34.0 Å². The van der Waals surface area contributed by atoms with Crippen molar-refractivity contribution in [1.82, 2.24) is 4.57 Å². The van der Waals surface area contributed by atoms with Crippen LogP contribution in [0.2, 0.25) is 0 Å². The number of amides is 1. The summed E-state index contributed by atoms with van der Waals surface area (Å²) in [5, 5.41) is 2.86. The highest BCUT2D eigenvalue weighted by atomic mass is 35.5. The van der Waals surface area contributed by atoms with Crippen molar-refractivity contribution in [3.63, 3.8) is 0 Å². The molecule has 0 saturated carbocycles. The van der Waals surface area contributed by atoms with Gasteiger partial charge in [0.05, 0.1) is 11.4 Å². The van der Waals surface area contributed by atoms with Crippen molar-refractivity contribution in [3.8, 4) is 5.69 Å². The van der Waals surface area contributed by atoms with Crippen LogP contribution in [0, 0.1) is 0 Å². The Kier molecular flexibility index (Phi) is 3.83. The number of hydrogen-bond acceptors (Lipinski definition) is 1. The molecule has 0 spiro atoms. The Hall–Kier alpha value is -1.74. The molecule has 2 aromatic rings. The number of carbonyl (C=O) groups excluding carboxylic acids is 1. The third-order valence-corrected chi connectivity index (χ3v) is 2.57. The highest BCUT2D eigenvalue weighted by Gasteiger charge is 2.06. The van der Waals surface area contributed by atoms with Gasteiger partial charge >= 0.3 is 0 Å². The summed E-state index contributed by atoms with van der Waals surface area (Å²) in [6, 6.07) is 11.5. The van der Waals surface area contributed by atoms with E-state index in [1.54, 1.807) is 0 Å². The van der Waals surface area contributed by atoms with E-state index in [1.165, 1.54) is 0 Å². The summed E-state index contributed by atoms with van der Waals surface area (Å²) in [4.78, 5) is 11.5. The van der Waals surface area contributed by atoms with E-state index in [-0.39, 0.29) is 5.91 Å². The molecule has 88 valence electrons. The lowest BCUT2D eigenvalue weighted by Gasteiger charge is -2.11. The molecule has 1 amide bonds. The van der Waals surface area contributed by atoms with Crippen LogP contribution in [0.15, 0.2) is 48.8 Å². The van der Waals surface area contributed by atoms with Gasteiger partial charge in [-0.1, -0.05) is 12.1 Å². The Morgan fingerprint density at radius 1 is 1.18 bits per heavy atom. The number of anilines is 1. The summed E-state index contributed by atoms with van der Waals surface area (Å²) < 4.78 is 1.95. The number of aromatic nitrogens is 1. The molecule has 3 nitrogen and oxygen atoms in total. The fraction of sp³-hybridized carbons (Fsp3) is 0.154. The van der Waals surface area contributed by atoms with Gasteiger partial charge < -0.3 is 9.88 Å². The van der Waals surface area contributed by atoms with E-state index in [4.69, 9.17) is 11.6 Å². The number of nitrogens with zero attached hydrogens (tertiary/aromatic N) is 1. The molecule has 0 saturated heterocycles. The largest absolute Gasteiger partial charge is 0.324 e. The second kappa shape index (κ2) is 5.55. The van der Waals surface area contributed by atoms with Gasteiger partial charge in [-0.3, -0.25) is 4.79 Å². The smallest absolute Gasteiger partial charge is 0.225 e. The van der Waals surface area contributed by atoms with E-state index >= 15 is 0 Å². The van der Waals surface area contributed by atoms with E-state index in [0.29, 0.717) is 12.3 Å². The van der Waals surface area contributed by atoms with Crippen LogP contribution in [0.1, 0.15) is 6.42 Å². The molecular weight excluding hydrogens is 236 g/mol. The molecule has 0 atom stereocenters. The van der Waals surface area contributed by atoms with Crippen LogP contribution in [0.4, 0.5) is 5.69 Å². The summed E-state index contributed by atoms with van der Waals surface area (Å²) in [5.41, 5.74) is 1.74. The number of nitrogens with one attached hydrogen (secondary N) is 1. The van der Waals surface area contributed by atoms with Crippen molar-refractivity contribution in [2.24, 2.45) is 0 Å². The summed E-state index contributed by atoms with van der Waals surface area (Å²) in [6.07, 6.45) is 4.20. The fourth-order valence-corrected chi connectivity index (χ4v) is 1.77. The van der Waals surface area contributed by atoms with Crippen molar-refractivity contribution in [3.05, 3.63) is 48.8 Å². The Morgan fingerprint density at radius 3 is 2.59 bits per heavy atom. The van der Waals surface area contributed by atoms with Crippen molar-refractivity contribution >= 4 is 23.2 Å². The van der Waals surface area contributed by atoms with Gasteiger partial charge in [0.25, 0.3) is 0 Å². The molecule has 1 heterocycles. The van der Waals surface area contributed by atoms with Gasteiger partial charge in [-0.15, -0.1) is 11.6 Å². The van der Waals surface area contributed by atoms with Crippen LogP contribution in [0.25, 0.3) is 5.69 Å². The zero-order valence-corrected chi connectivity index (χ0v) is 10.0. The third kappa shape index (κ3) is 2.88. The molecule has 0 bridgehead atoms. The molecule has 0 aliphatic carbocycles. The van der Waals surface area contributed by atoms with Gasteiger partial charge in [0, 0.05) is 24.7 Å². The van der Waals surface area contributed by atoms with Gasteiger partial charge in [0.1, 0.15) is 0 Å². The van der Waals surface area contributed by atoms with E-state index in [9.17, 15) is 4.79 Å². The first kappa shape index (κ1) is 11.7. The normalized spacial score (nSPS) is 10.2. The van der Waals surface area contributed by atoms with Crippen LogP contribution in [-0.4, -0.2) is 16.4 Å². The number of halogens is 1. The van der Waals surface area contributed by atoms with Crippen molar-refractivity contribution in [2.75, 3.05) is 11.2 Å². The van der Waals surface area contributed by atoms with Crippen LogP contribution in [0.3, 0.4) is 0 Å². The van der Waals surface area contributed by atoms with Crippen molar-refractivity contribution in [1.29, 1.82) is 0 Å². The van der Waals surface area contributed by atoms with Crippen molar-refractivity contribution in [2.45, 2.75) is 6.42 Å². The summed E-state index contributed by atoms with van der Waals surface area (Å²) in [5.74, 6) is 0.261. The number of hydrogen-bond donors (Lipinski definition) is 1. The second-order valence-electron chi connectivity index (χ2n) is 3.59. The molecular formula is C13H13ClN2O. The van der Waals surface area contributed by atoms with Crippen LogP contribution < -0.4 is 5.32 Å². The molecule has 1 N–H and O–H groups in total. The fourth-order valence-electron chi connectivity index (χ4n) is 1.60. The Balaban J connectivity index is 2.25. The number of carbonyl (C=O) groups is 1. The Bertz CT molecular complexity index is 494. The molecule has 0 fully saturated rings. The molecule has 17 heavy (non-hydrogen) atoms. The molecule has 0 aliphatic heterocycles. The minimum Gasteiger partial charge on any atom is -0.324 e. The average Bonchev–Trinajstić information content (AvgIpc) is 2.83. The lowest BCUT2D eigenvalue weighted by atomic mass is 10.2. The first-order valence-electron chi connectivity index (χ1n) is 5.39. The Labute approximate surface area is 105 Å². The third-order valence-electron chi connectivity index (χ3n) is 2.38. The SMILES string of the molecule is O=C(CCCl)Nc1ccccc1-n1cccc1. The molecule has 4 heteroatoms. The number of alkyl halides is 1. The minimum absolute atomic E-state index is 0.0698. The lowest BCUT2D eigenvalue weighted by Crippen LogP contribution is -2.13. The standard InChI is InChI=1S/C13H13ClN2O/c14-8-7-13(17)15-11-5-1-2-6-12(11)16-9-3-4-10-16/h1-6,9-10H,7-8H2,(H,15,17). The molecule has 0 aliphatic rings. The number of para-hydroxylation sites is 2. The van der Waals surface area contributed by atoms with Crippen LogP contribution in [0.5, 0.6) is 0 Å². The first-order chi connectivity index (χ1) is 8.31. The maximum atomic E-state index is 11.5. The van der Waals surface area contributed by atoms with Gasteiger partial charge in [-0.25, -0.2) is 0 Å². The molecule has 0 radical (unpaired) electrons. The Morgan fingerprint density at radius 2 is 1.88 bits per heavy atom. The number of benzene rings is 1. The lowest BCUT2D eigenvalue weighted by molar-refractivity contribution is -0.115. The van der Waals surface area contributed by atoms with E-state index < -0.39 is 0 Å². The second-order valence-corrected chi connectivity index (χ2v) is 3.97. The highest BCUT2D eigenvalue weighted by Crippen LogP contribution is 2.20. The minimum atomic E-state index is -0.0698. The number of rotatable bonds is 4. The monoisotopic (exact) mass is 248 g/mol. The summed E-state index contributed by atoms with van der Waals surface area (Å²) >= 11 is 5.54. The summed E-state index contributed by atoms with van der Waals surface area (Å²) in [7, 11) is 0. The molecule has 2 rings (SSSR count). The van der Waals surface area contributed by atoms with Gasteiger partial charge in [-0.2, -0.15) is 0 Å². The zero-order valence-electron chi connectivity index (χ0n) is 9.27. The van der Waals surface area contributed by atoms with E-state index in [2.05, 4.69) is 5.32 Å². The van der Waals surface area contributed by atoms with Gasteiger partial charge in [0.15, 0.2) is 0 Å². The highest BCUT2D eigenvalue weighted by molar-refractivity contribution is 6.19. The van der Waals surface area contributed by atoms with E-state index in [0.717, 1.165) is 11.4 Å². The molecule has 1 aromatic heterocycles. The quantitative estimate of drug-likeness (QED) is 0.829. The molecule has 1 aromatic carbocycles.